The normalized spacial score (nSPS) is 27.4. The van der Waals surface area contributed by atoms with E-state index < -0.39 is 11.7 Å². The standard InChI is InChI=1S/C21H32N2O3/c1-5-18(24)19-17-12-11-16(23(17)20(25)26-21(2,3)4)14-22(19)13-15-9-7-6-8-10-15/h6-10,16-19,24H,5,11-14H2,1-4H3/t16-,17-,18-,19-/m0/s1. The fourth-order valence-electron chi connectivity index (χ4n) is 4.39. The van der Waals surface area contributed by atoms with Crippen LogP contribution in [-0.4, -0.2) is 57.4 Å². The van der Waals surface area contributed by atoms with Crippen LogP contribution in [0.4, 0.5) is 4.79 Å². The molecule has 0 saturated carbocycles. The van der Waals surface area contributed by atoms with Crippen molar-refractivity contribution < 1.29 is 14.6 Å². The number of aliphatic hydroxyl groups is 1. The molecule has 1 aromatic carbocycles. The van der Waals surface area contributed by atoms with E-state index in [0.717, 1.165) is 25.9 Å². The molecule has 2 saturated heterocycles. The minimum Gasteiger partial charge on any atom is -0.444 e. The first kappa shape index (κ1) is 19.2. The number of carbonyl (C=O) groups is 1. The molecule has 1 aromatic rings. The molecule has 4 atom stereocenters. The van der Waals surface area contributed by atoms with Crippen molar-refractivity contribution in [3.05, 3.63) is 35.9 Å². The smallest absolute Gasteiger partial charge is 0.410 e. The van der Waals surface area contributed by atoms with Gasteiger partial charge < -0.3 is 9.84 Å². The van der Waals surface area contributed by atoms with Crippen LogP contribution in [0.3, 0.4) is 0 Å². The van der Waals surface area contributed by atoms with Gasteiger partial charge >= 0.3 is 6.09 Å². The number of ether oxygens (including phenoxy) is 1. The highest BCUT2D eigenvalue weighted by molar-refractivity contribution is 5.70. The SMILES string of the molecule is CC[C@H](O)[C@@H]1[C@@H]2CC[C@@H](CN1Cc1ccccc1)N2C(=O)OC(C)(C)C. The van der Waals surface area contributed by atoms with Gasteiger partial charge in [-0.2, -0.15) is 0 Å². The van der Waals surface area contributed by atoms with Crippen molar-refractivity contribution >= 4 is 6.09 Å². The number of fused-ring (bicyclic) bond motifs is 2. The summed E-state index contributed by atoms with van der Waals surface area (Å²) in [4.78, 5) is 17.1. The number of carbonyl (C=O) groups excluding carboxylic acids is 1. The van der Waals surface area contributed by atoms with Gasteiger partial charge in [0.1, 0.15) is 5.60 Å². The van der Waals surface area contributed by atoms with Crippen LogP contribution in [0.25, 0.3) is 0 Å². The molecule has 0 radical (unpaired) electrons. The second kappa shape index (κ2) is 7.57. The van der Waals surface area contributed by atoms with Gasteiger partial charge in [-0.25, -0.2) is 4.79 Å². The lowest BCUT2D eigenvalue weighted by molar-refractivity contribution is -0.0584. The quantitative estimate of drug-likeness (QED) is 0.894. The van der Waals surface area contributed by atoms with Gasteiger partial charge in [-0.15, -0.1) is 0 Å². The molecule has 1 N–H and O–H groups in total. The summed E-state index contributed by atoms with van der Waals surface area (Å²) in [6, 6.07) is 10.5. The Morgan fingerprint density at radius 2 is 1.96 bits per heavy atom. The number of amides is 1. The second-order valence-electron chi connectivity index (χ2n) is 8.57. The van der Waals surface area contributed by atoms with Crippen molar-refractivity contribution in [2.45, 2.75) is 83.3 Å². The zero-order valence-electron chi connectivity index (χ0n) is 16.4. The Kier molecular flexibility index (Phi) is 5.58. The van der Waals surface area contributed by atoms with Crippen LogP contribution in [0.5, 0.6) is 0 Å². The van der Waals surface area contributed by atoms with Crippen molar-refractivity contribution in [3.63, 3.8) is 0 Å². The summed E-state index contributed by atoms with van der Waals surface area (Å²) < 4.78 is 5.66. The maximum Gasteiger partial charge on any atom is 0.410 e. The zero-order chi connectivity index (χ0) is 18.9. The number of nitrogens with zero attached hydrogens (tertiary/aromatic N) is 2. The largest absolute Gasteiger partial charge is 0.444 e. The van der Waals surface area contributed by atoms with Crippen LogP contribution < -0.4 is 0 Å². The minimum absolute atomic E-state index is 0.0160. The summed E-state index contributed by atoms with van der Waals surface area (Å²) in [5.74, 6) is 0. The van der Waals surface area contributed by atoms with Crippen LogP contribution >= 0.6 is 0 Å². The molecule has 2 heterocycles. The fourth-order valence-corrected chi connectivity index (χ4v) is 4.39. The number of hydrogen-bond acceptors (Lipinski definition) is 4. The van der Waals surface area contributed by atoms with E-state index in [0.29, 0.717) is 6.42 Å². The molecule has 3 rings (SSSR count). The third-order valence-electron chi connectivity index (χ3n) is 5.45. The maximum absolute atomic E-state index is 12.8. The third kappa shape index (κ3) is 4.04. The minimum atomic E-state index is -0.503. The lowest BCUT2D eigenvalue weighted by Gasteiger charge is -2.48. The molecule has 0 unspecified atom stereocenters. The van der Waals surface area contributed by atoms with E-state index in [4.69, 9.17) is 4.74 Å². The number of likely N-dealkylation sites (tertiary alicyclic amines) is 1. The van der Waals surface area contributed by atoms with E-state index in [1.165, 1.54) is 5.56 Å². The van der Waals surface area contributed by atoms with Crippen molar-refractivity contribution in [1.29, 1.82) is 0 Å². The average Bonchev–Trinajstić information content (AvgIpc) is 2.89. The molecule has 5 nitrogen and oxygen atoms in total. The Morgan fingerprint density at radius 3 is 2.58 bits per heavy atom. The number of aliphatic hydroxyl groups excluding tert-OH is 1. The first-order valence-electron chi connectivity index (χ1n) is 9.77. The first-order valence-corrected chi connectivity index (χ1v) is 9.77. The highest BCUT2D eigenvalue weighted by Crippen LogP contribution is 2.37. The number of benzene rings is 1. The van der Waals surface area contributed by atoms with Crippen molar-refractivity contribution in [2.24, 2.45) is 0 Å². The maximum atomic E-state index is 12.8. The first-order chi connectivity index (χ1) is 12.3. The molecule has 5 heteroatoms. The molecule has 0 spiro atoms. The second-order valence-corrected chi connectivity index (χ2v) is 8.57. The van der Waals surface area contributed by atoms with E-state index in [9.17, 15) is 9.90 Å². The molecule has 1 amide bonds. The predicted octanol–water partition coefficient (Wildman–Crippen LogP) is 3.41. The topological polar surface area (TPSA) is 53.0 Å². The van der Waals surface area contributed by atoms with Gasteiger partial charge in [0.05, 0.1) is 18.2 Å². The fraction of sp³-hybridized carbons (Fsp3) is 0.667. The number of piperazine rings is 1. The molecule has 26 heavy (non-hydrogen) atoms. The molecule has 2 bridgehead atoms. The Bertz CT molecular complexity index is 613. The van der Waals surface area contributed by atoms with E-state index in [1.54, 1.807) is 0 Å². The molecular formula is C21H32N2O3. The Balaban J connectivity index is 1.82. The Morgan fingerprint density at radius 1 is 1.27 bits per heavy atom. The van der Waals surface area contributed by atoms with Crippen molar-refractivity contribution in [1.82, 2.24) is 9.80 Å². The summed E-state index contributed by atoms with van der Waals surface area (Å²) >= 11 is 0. The van der Waals surface area contributed by atoms with Crippen LogP contribution in [0, 0.1) is 0 Å². The van der Waals surface area contributed by atoms with Crippen LogP contribution in [-0.2, 0) is 11.3 Å². The van der Waals surface area contributed by atoms with E-state index in [1.807, 2.05) is 50.8 Å². The molecule has 2 aliphatic heterocycles. The molecule has 2 fully saturated rings. The van der Waals surface area contributed by atoms with Crippen LogP contribution in [0.2, 0.25) is 0 Å². The summed E-state index contributed by atoms with van der Waals surface area (Å²) in [6.45, 7) is 9.29. The zero-order valence-corrected chi connectivity index (χ0v) is 16.4. The summed E-state index contributed by atoms with van der Waals surface area (Å²) in [5, 5.41) is 10.8. The van der Waals surface area contributed by atoms with E-state index in [-0.39, 0.29) is 24.2 Å². The van der Waals surface area contributed by atoms with Gasteiger partial charge in [-0.1, -0.05) is 37.3 Å². The van der Waals surface area contributed by atoms with Gasteiger partial charge in [0, 0.05) is 19.1 Å². The Labute approximate surface area is 156 Å². The van der Waals surface area contributed by atoms with E-state index >= 15 is 0 Å². The summed E-state index contributed by atoms with van der Waals surface area (Å²) in [6.07, 6.45) is 1.89. The van der Waals surface area contributed by atoms with Crippen LogP contribution in [0.1, 0.15) is 52.5 Å². The van der Waals surface area contributed by atoms with Crippen LogP contribution in [0.15, 0.2) is 30.3 Å². The monoisotopic (exact) mass is 360 g/mol. The molecule has 0 aromatic heterocycles. The summed E-state index contributed by atoms with van der Waals surface area (Å²) in [5.41, 5.74) is 0.738. The van der Waals surface area contributed by atoms with Crippen molar-refractivity contribution in [2.75, 3.05) is 6.54 Å². The lowest BCUT2D eigenvalue weighted by atomic mass is 9.95. The third-order valence-corrected chi connectivity index (χ3v) is 5.45. The highest BCUT2D eigenvalue weighted by atomic mass is 16.6. The number of rotatable bonds is 4. The lowest BCUT2D eigenvalue weighted by Crippen LogP contribution is -2.64. The molecular weight excluding hydrogens is 328 g/mol. The van der Waals surface area contributed by atoms with Gasteiger partial charge in [0.2, 0.25) is 0 Å². The van der Waals surface area contributed by atoms with Gasteiger partial charge in [0.15, 0.2) is 0 Å². The highest BCUT2D eigenvalue weighted by Gasteiger charge is 2.51. The molecule has 2 aliphatic rings. The summed E-state index contributed by atoms with van der Waals surface area (Å²) in [7, 11) is 0. The predicted molar refractivity (Wildman–Crippen MR) is 102 cm³/mol. The molecule has 144 valence electrons. The number of hydrogen-bond donors (Lipinski definition) is 1. The van der Waals surface area contributed by atoms with Crippen molar-refractivity contribution in [3.8, 4) is 0 Å². The van der Waals surface area contributed by atoms with E-state index in [2.05, 4.69) is 17.0 Å². The molecule has 0 aliphatic carbocycles. The van der Waals surface area contributed by atoms with Gasteiger partial charge in [-0.3, -0.25) is 9.80 Å². The average molecular weight is 360 g/mol. The van der Waals surface area contributed by atoms with Gasteiger partial charge in [-0.05, 0) is 45.6 Å². The van der Waals surface area contributed by atoms with Gasteiger partial charge in [0.25, 0.3) is 0 Å². The Hall–Kier alpha value is -1.59.